The van der Waals surface area contributed by atoms with Crippen LogP contribution in [0.2, 0.25) is 0 Å². The van der Waals surface area contributed by atoms with E-state index in [0.717, 1.165) is 4.57 Å². The molecule has 1 amide bonds. The number of carbonyl (C=O) groups excluding carboxylic acids is 1. The van der Waals surface area contributed by atoms with E-state index in [1.807, 2.05) is 6.07 Å². The topological polar surface area (TPSA) is 143 Å². The van der Waals surface area contributed by atoms with Gasteiger partial charge in [-0.1, -0.05) is 12.1 Å². The molecule has 0 bridgehead atoms. The highest BCUT2D eigenvalue weighted by atomic mass is 32.2. The zero-order chi connectivity index (χ0) is 23.9. The lowest BCUT2D eigenvalue weighted by Gasteiger charge is -2.34. The smallest absolute Gasteiger partial charge is 0.332 e. The van der Waals surface area contributed by atoms with Crippen molar-refractivity contribution in [2.75, 3.05) is 26.2 Å². The first-order valence-electron chi connectivity index (χ1n) is 10.0. The van der Waals surface area contributed by atoms with Crippen LogP contribution in [0.3, 0.4) is 0 Å². The van der Waals surface area contributed by atoms with E-state index in [-0.39, 0.29) is 47.8 Å². The maximum absolute atomic E-state index is 13.0. The van der Waals surface area contributed by atoms with Crippen molar-refractivity contribution >= 4 is 27.1 Å². The van der Waals surface area contributed by atoms with Crippen LogP contribution in [0.4, 0.5) is 0 Å². The molecule has 1 aliphatic heterocycles. The second-order valence-corrected chi connectivity index (χ2v) is 9.56. The standard InChI is InChI=1S/C20H21N7O5S/c1-23-13-22-18-17(23)19(29)27(20(30)24(18)2)12-16(28)25-7-9-26(10-8-25)33(31,32)15-6-4-3-5-14(15)11-21/h3-6,13H,7-10,12H2,1-2H3. The fourth-order valence-electron chi connectivity index (χ4n) is 3.87. The number of carbonyl (C=O) groups is 1. The third-order valence-electron chi connectivity index (χ3n) is 5.71. The summed E-state index contributed by atoms with van der Waals surface area (Å²) >= 11 is 0. The Morgan fingerprint density at radius 1 is 1.12 bits per heavy atom. The molecule has 12 nitrogen and oxygen atoms in total. The SMILES string of the molecule is Cn1cnc2c1c(=O)n(CC(=O)N1CCN(S(=O)(=O)c3ccccc3C#N)CC1)c(=O)n2C. The zero-order valence-electron chi connectivity index (χ0n) is 18.0. The molecule has 33 heavy (non-hydrogen) atoms. The number of rotatable bonds is 4. The molecule has 1 aromatic carbocycles. The van der Waals surface area contributed by atoms with Crippen LogP contribution < -0.4 is 11.2 Å². The molecule has 0 N–H and O–H groups in total. The van der Waals surface area contributed by atoms with Crippen LogP contribution in [0.5, 0.6) is 0 Å². The Bertz CT molecular complexity index is 1520. The number of piperazine rings is 1. The Labute approximate surface area is 188 Å². The van der Waals surface area contributed by atoms with Crippen molar-refractivity contribution in [3.05, 3.63) is 57.0 Å². The number of fused-ring (bicyclic) bond motifs is 1. The molecule has 1 fully saturated rings. The minimum Gasteiger partial charge on any atom is -0.338 e. The average molecular weight is 471 g/mol. The molecule has 4 rings (SSSR count). The van der Waals surface area contributed by atoms with E-state index >= 15 is 0 Å². The summed E-state index contributed by atoms with van der Waals surface area (Å²) in [4.78, 5) is 43.7. The van der Waals surface area contributed by atoms with Gasteiger partial charge in [0.1, 0.15) is 12.6 Å². The number of sulfonamides is 1. The lowest BCUT2D eigenvalue weighted by atomic mass is 10.2. The fourth-order valence-corrected chi connectivity index (χ4v) is 5.44. The van der Waals surface area contributed by atoms with Crippen LogP contribution in [0.1, 0.15) is 5.56 Å². The molecule has 0 saturated carbocycles. The first-order chi connectivity index (χ1) is 15.7. The van der Waals surface area contributed by atoms with Crippen molar-refractivity contribution in [2.45, 2.75) is 11.4 Å². The second-order valence-electron chi connectivity index (χ2n) is 7.65. The molecule has 1 aliphatic rings. The van der Waals surface area contributed by atoms with Gasteiger partial charge in [-0.05, 0) is 12.1 Å². The first kappa shape index (κ1) is 22.4. The number of nitriles is 1. The van der Waals surface area contributed by atoms with Gasteiger partial charge in [0.05, 0.1) is 16.8 Å². The summed E-state index contributed by atoms with van der Waals surface area (Å²) in [6.07, 6.45) is 1.42. The molecule has 0 radical (unpaired) electrons. The summed E-state index contributed by atoms with van der Waals surface area (Å²) in [7, 11) is -0.804. The van der Waals surface area contributed by atoms with E-state index < -0.39 is 33.7 Å². The lowest BCUT2D eigenvalue weighted by Crippen LogP contribution is -2.52. The van der Waals surface area contributed by atoms with Crippen LogP contribution in [0.25, 0.3) is 11.2 Å². The predicted octanol–water partition coefficient (Wildman–Crippen LogP) is -1.16. The van der Waals surface area contributed by atoms with E-state index in [2.05, 4.69) is 4.98 Å². The summed E-state index contributed by atoms with van der Waals surface area (Å²) < 4.78 is 30.7. The van der Waals surface area contributed by atoms with Crippen molar-refractivity contribution in [2.24, 2.45) is 14.1 Å². The molecule has 0 spiro atoms. The maximum Gasteiger partial charge on any atom is 0.332 e. The van der Waals surface area contributed by atoms with Crippen molar-refractivity contribution in [3.8, 4) is 6.07 Å². The second kappa shape index (κ2) is 8.30. The molecule has 13 heteroatoms. The molecule has 0 atom stereocenters. The van der Waals surface area contributed by atoms with E-state index in [4.69, 9.17) is 0 Å². The van der Waals surface area contributed by atoms with Crippen LogP contribution in [0, 0.1) is 11.3 Å². The maximum atomic E-state index is 13.0. The number of aryl methyl sites for hydroxylation is 2. The molecule has 1 saturated heterocycles. The van der Waals surface area contributed by atoms with Gasteiger partial charge in [0.2, 0.25) is 15.9 Å². The highest BCUT2D eigenvalue weighted by Gasteiger charge is 2.32. The van der Waals surface area contributed by atoms with Crippen molar-refractivity contribution in [3.63, 3.8) is 0 Å². The molecule has 3 aromatic rings. The zero-order valence-corrected chi connectivity index (χ0v) is 18.8. The predicted molar refractivity (Wildman–Crippen MR) is 117 cm³/mol. The number of hydrogen-bond donors (Lipinski definition) is 0. The minimum atomic E-state index is -3.90. The molecule has 0 aliphatic carbocycles. The lowest BCUT2D eigenvalue weighted by molar-refractivity contribution is -0.133. The number of aromatic nitrogens is 4. The van der Waals surface area contributed by atoms with Crippen LogP contribution in [-0.2, 0) is 35.5 Å². The van der Waals surface area contributed by atoms with Gasteiger partial charge in [-0.3, -0.25) is 14.2 Å². The Hall–Kier alpha value is -3.76. The van der Waals surface area contributed by atoms with Crippen molar-refractivity contribution in [1.29, 1.82) is 5.26 Å². The summed E-state index contributed by atoms with van der Waals surface area (Å²) in [5, 5.41) is 9.22. The Morgan fingerprint density at radius 3 is 2.45 bits per heavy atom. The summed E-state index contributed by atoms with van der Waals surface area (Å²) in [5.41, 5.74) is -0.786. The van der Waals surface area contributed by atoms with E-state index in [1.165, 1.54) is 43.8 Å². The third-order valence-corrected chi connectivity index (χ3v) is 7.67. The first-order valence-corrected chi connectivity index (χ1v) is 11.5. The van der Waals surface area contributed by atoms with E-state index in [9.17, 15) is 28.1 Å². The average Bonchev–Trinajstić information content (AvgIpc) is 3.22. The van der Waals surface area contributed by atoms with E-state index in [1.54, 1.807) is 19.2 Å². The number of nitrogens with zero attached hydrogens (tertiary/aromatic N) is 7. The van der Waals surface area contributed by atoms with Gasteiger partial charge in [-0.25, -0.2) is 22.8 Å². The monoisotopic (exact) mass is 471 g/mol. The Morgan fingerprint density at radius 2 is 1.79 bits per heavy atom. The number of amides is 1. The largest absolute Gasteiger partial charge is 0.338 e. The van der Waals surface area contributed by atoms with Crippen LogP contribution >= 0.6 is 0 Å². The van der Waals surface area contributed by atoms with Gasteiger partial charge >= 0.3 is 5.69 Å². The number of hydrogen-bond acceptors (Lipinski definition) is 7. The van der Waals surface area contributed by atoms with Crippen LogP contribution in [-0.4, -0.2) is 68.4 Å². The quantitative estimate of drug-likeness (QED) is 0.467. The normalized spacial score (nSPS) is 15.0. The van der Waals surface area contributed by atoms with Gasteiger partial charge in [0.25, 0.3) is 5.56 Å². The molecule has 0 unspecified atom stereocenters. The van der Waals surface area contributed by atoms with E-state index in [0.29, 0.717) is 0 Å². The van der Waals surface area contributed by atoms with Crippen molar-refractivity contribution < 1.29 is 13.2 Å². The fraction of sp³-hybridized carbons (Fsp3) is 0.350. The highest BCUT2D eigenvalue weighted by molar-refractivity contribution is 7.89. The van der Waals surface area contributed by atoms with Gasteiger partial charge in [0, 0.05) is 40.3 Å². The molecule has 172 valence electrons. The van der Waals surface area contributed by atoms with Crippen molar-refractivity contribution in [1.82, 2.24) is 27.9 Å². The van der Waals surface area contributed by atoms with Gasteiger partial charge in [-0.15, -0.1) is 0 Å². The van der Waals surface area contributed by atoms with Gasteiger partial charge in [0.15, 0.2) is 11.2 Å². The van der Waals surface area contributed by atoms with Gasteiger partial charge in [-0.2, -0.15) is 9.57 Å². The third kappa shape index (κ3) is 3.73. The number of imidazole rings is 1. The Balaban J connectivity index is 1.52. The molecular weight excluding hydrogens is 450 g/mol. The minimum absolute atomic E-state index is 0.0293. The highest BCUT2D eigenvalue weighted by Crippen LogP contribution is 2.21. The molecular formula is C20H21N7O5S. The summed E-state index contributed by atoms with van der Waals surface area (Å²) in [6.45, 7) is -0.217. The van der Waals surface area contributed by atoms with Gasteiger partial charge < -0.3 is 9.47 Å². The summed E-state index contributed by atoms with van der Waals surface area (Å²) in [5.74, 6) is -0.467. The number of benzene rings is 1. The molecule has 3 heterocycles. The Kier molecular flexibility index (Phi) is 5.64. The summed E-state index contributed by atoms with van der Waals surface area (Å²) in [6, 6.07) is 7.83. The molecule has 2 aromatic heterocycles. The van der Waals surface area contributed by atoms with Crippen LogP contribution in [0.15, 0.2) is 45.1 Å².